The lowest BCUT2D eigenvalue weighted by molar-refractivity contribution is -0.136. The lowest BCUT2D eigenvalue weighted by Gasteiger charge is -2.25. The van der Waals surface area contributed by atoms with Crippen molar-refractivity contribution in [2.75, 3.05) is 18.8 Å². The van der Waals surface area contributed by atoms with E-state index in [0.717, 1.165) is 16.5 Å². The lowest BCUT2D eigenvalue weighted by Crippen LogP contribution is -2.50. The standard InChI is InChI=1S/C14H14N4O2/c15-14-10(5-9-3-1-2-4-11(9)16-14)6-18-7-12(19)17-13(20)8-18/h1-5H,6-8H2,(H2,15,16)(H,17,19,20). The summed E-state index contributed by atoms with van der Waals surface area (Å²) in [5, 5.41) is 3.26. The number of nitrogens with zero attached hydrogens (tertiary/aromatic N) is 2. The van der Waals surface area contributed by atoms with Crippen molar-refractivity contribution in [3.63, 3.8) is 0 Å². The minimum Gasteiger partial charge on any atom is -0.383 e. The number of nitrogens with one attached hydrogen (secondary N) is 1. The highest BCUT2D eigenvalue weighted by Crippen LogP contribution is 2.19. The fourth-order valence-corrected chi connectivity index (χ4v) is 2.35. The number of pyridine rings is 1. The Hall–Kier alpha value is -2.47. The van der Waals surface area contributed by atoms with Crippen molar-refractivity contribution in [1.29, 1.82) is 0 Å². The molecular weight excluding hydrogens is 256 g/mol. The Morgan fingerprint density at radius 1 is 1.20 bits per heavy atom. The summed E-state index contributed by atoms with van der Waals surface area (Å²) < 4.78 is 0. The van der Waals surface area contributed by atoms with Crippen molar-refractivity contribution in [1.82, 2.24) is 15.2 Å². The van der Waals surface area contributed by atoms with Crippen LogP contribution in [0.25, 0.3) is 10.9 Å². The minimum atomic E-state index is -0.284. The molecule has 0 spiro atoms. The zero-order valence-electron chi connectivity index (χ0n) is 10.8. The summed E-state index contributed by atoms with van der Waals surface area (Å²) in [7, 11) is 0. The molecule has 1 saturated heterocycles. The van der Waals surface area contributed by atoms with Gasteiger partial charge >= 0.3 is 0 Å². The van der Waals surface area contributed by atoms with Gasteiger partial charge in [-0.3, -0.25) is 19.8 Å². The van der Waals surface area contributed by atoms with Gasteiger partial charge < -0.3 is 5.73 Å². The molecular formula is C14H14N4O2. The predicted molar refractivity (Wildman–Crippen MR) is 74.6 cm³/mol. The highest BCUT2D eigenvalue weighted by molar-refractivity contribution is 5.99. The number of benzene rings is 1. The molecule has 2 amide bonds. The van der Waals surface area contributed by atoms with Gasteiger partial charge in [0, 0.05) is 17.5 Å². The van der Waals surface area contributed by atoms with Crippen molar-refractivity contribution in [2.45, 2.75) is 6.54 Å². The first kappa shape index (κ1) is 12.6. The molecule has 6 nitrogen and oxygen atoms in total. The van der Waals surface area contributed by atoms with Crippen LogP contribution in [0.2, 0.25) is 0 Å². The number of anilines is 1. The van der Waals surface area contributed by atoms with Crippen LogP contribution in [-0.2, 0) is 16.1 Å². The number of rotatable bonds is 2. The molecule has 0 bridgehead atoms. The second kappa shape index (κ2) is 4.90. The summed E-state index contributed by atoms with van der Waals surface area (Å²) in [6.07, 6.45) is 0. The van der Waals surface area contributed by atoms with Gasteiger partial charge in [-0.15, -0.1) is 0 Å². The molecule has 102 valence electrons. The average molecular weight is 270 g/mol. The van der Waals surface area contributed by atoms with Crippen LogP contribution >= 0.6 is 0 Å². The first-order chi connectivity index (χ1) is 9.61. The number of nitrogens with two attached hydrogens (primary N) is 1. The Bertz CT molecular complexity index is 683. The average Bonchev–Trinajstić information content (AvgIpc) is 2.38. The number of hydrogen-bond donors (Lipinski definition) is 2. The maximum Gasteiger partial charge on any atom is 0.240 e. The lowest BCUT2D eigenvalue weighted by atomic mass is 10.1. The number of para-hydroxylation sites is 1. The molecule has 0 atom stereocenters. The largest absolute Gasteiger partial charge is 0.383 e. The third-order valence-electron chi connectivity index (χ3n) is 3.24. The Morgan fingerprint density at radius 3 is 2.65 bits per heavy atom. The molecule has 0 radical (unpaired) electrons. The van der Waals surface area contributed by atoms with E-state index in [2.05, 4.69) is 10.3 Å². The number of piperazine rings is 1. The van der Waals surface area contributed by atoms with E-state index in [1.54, 1.807) is 4.90 Å². The Balaban J connectivity index is 1.88. The van der Waals surface area contributed by atoms with Gasteiger partial charge in [0.15, 0.2) is 0 Å². The van der Waals surface area contributed by atoms with Crippen molar-refractivity contribution >= 4 is 28.5 Å². The predicted octanol–water partition coefficient (Wildman–Crippen LogP) is 0.275. The summed E-state index contributed by atoms with van der Waals surface area (Å²) in [5.41, 5.74) is 7.61. The Kier molecular flexibility index (Phi) is 3.08. The van der Waals surface area contributed by atoms with E-state index in [1.165, 1.54) is 0 Å². The zero-order chi connectivity index (χ0) is 14.1. The Labute approximate surface area is 115 Å². The normalized spacial score (nSPS) is 16.4. The van der Waals surface area contributed by atoms with Crippen molar-refractivity contribution in [3.8, 4) is 0 Å². The number of hydrogen-bond acceptors (Lipinski definition) is 5. The molecule has 6 heteroatoms. The van der Waals surface area contributed by atoms with Crippen molar-refractivity contribution in [3.05, 3.63) is 35.9 Å². The molecule has 2 aromatic rings. The van der Waals surface area contributed by atoms with Gasteiger partial charge in [0.25, 0.3) is 0 Å². The quantitative estimate of drug-likeness (QED) is 0.765. The molecule has 3 N–H and O–H groups in total. The van der Waals surface area contributed by atoms with E-state index < -0.39 is 0 Å². The van der Waals surface area contributed by atoms with E-state index in [4.69, 9.17) is 5.73 Å². The molecule has 3 rings (SSSR count). The third kappa shape index (κ3) is 2.46. The van der Waals surface area contributed by atoms with Gasteiger partial charge in [0.1, 0.15) is 5.82 Å². The molecule has 0 aliphatic carbocycles. The van der Waals surface area contributed by atoms with E-state index >= 15 is 0 Å². The molecule has 1 aromatic carbocycles. The molecule has 1 aliphatic heterocycles. The SMILES string of the molecule is Nc1nc2ccccc2cc1CN1CC(=O)NC(=O)C1. The number of amides is 2. The second-order valence-electron chi connectivity index (χ2n) is 4.84. The zero-order valence-corrected chi connectivity index (χ0v) is 10.8. The fourth-order valence-electron chi connectivity index (χ4n) is 2.35. The summed E-state index contributed by atoms with van der Waals surface area (Å²) in [6.45, 7) is 0.818. The second-order valence-corrected chi connectivity index (χ2v) is 4.84. The molecule has 0 saturated carbocycles. The van der Waals surface area contributed by atoms with Gasteiger partial charge in [-0.25, -0.2) is 4.98 Å². The number of carbonyl (C=O) groups is 2. The van der Waals surface area contributed by atoms with Gasteiger partial charge in [-0.1, -0.05) is 18.2 Å². The first-order valence-corrected chi connectivity index (χ1v) is 6.31. The molecule has 1 fully saturated rings. The van der Waals surface area contributed by atoms with Crippen LogP contribution in [0.1, 0.15) is 5.56 Å². The van der Waals surface area contributed by atoms with Crippen LogP contribution in [0.5, 0.6) is 0 Å². The van der Waals surface area contributed by atoms with Crippen molar-refractivity contribution < 1.29 is 9.59 Å². The van der Waals surface area contributed by atoms with Crippen LogP contribution in [0.3, 0.4) is 0 Å². The Morgan fingerprint density at radius 2 is 1.90 bits per heavy atom. The van der Waals surface area contributed by atoms with Crippen LogP contribution in [0.15, 0.2) is 30.3 Å². The molecule has 2 heterocycles. The summed E-state index contributed by atoms with van der Waals surface area (Å²) in [4.78, 5) is 28.8. The highest BCUT2D eigenvalue weighted by atomic mass is 16.2. The highest BCUT2D eigenvalue weighted by Gasteiger charge is 2.23. The van der Waals surface area contributed by atoms with E-state index in [9.17, 15) is 9.59 Å². The topological polar surface area (TPSA) is 88.3 Å². The number of fused-ring (bicyclic) bond motifs is 1. The van der Waals surface area contributed by atoms with Gasteiger partial charge in [0.2, 0.25) is 11.8 Å². The first-order valence-electron chi connectivity index (χ1n) is 6.31. The number of carbonyl (C=O) groups excluding carboxylic acids is 2. The number of nitrogen functional groups attached to an aromatic ring is 1. The van der Waals surface area contributed by atoms with Crippen LogP contribution < -0.4 is 11.1 Å². The fraction of sp³-hybridized carbons (Fsp3) is 0.214. The van der Waals surface area contributed by atoms with E-state index in [0.29, 0.717) is 12.4 Å². The number of imide groups is 1. The number of aromatic nitrogens is 1. The van der Waals surface area contributed by atoms with Crippen LogP contribution in [0, 0.1) is 0 Å². The van der Waals surface area contributed by atoms with Gasteiger partial charge in [-0.2, -0.15) is 0 Å². The van der Waals surface area contributed by atoms with Gasteiger partial charge in [-0.05, 0) is 12.1 Å². The van der Waals surface area contributed by atoms with E-state index in [-0.39, 0.29) is 24.9 Å². The maximum absolute atomic E-state index is 11.4. The molecule has 0 unspecified atom stereocenters. The molecule has 1 aromatic heterocycles. The summed E-state index contributed by atoms with van der Waals surface area (Å²) in [6, 6.07) is 9.64. The molecule has 20 heavy (non-hydrogen) atoms. The monoisotopic (exact) mass is 270 g/mol. The summed E-state index contributed by atoms with van der Waals surface area (Å²) >= 11 is 0. The molecule has 1 aliphatic rings. The maximum atomic E-state index is 11.4. The smallest absolute Gasteiger partial charge is 0.240 e. The van der Waals surface area contributed by atoms with Crippen LogP contribution in [0.4, 0.5) is 5.82 Å². The van der Waals surface area contributed by atoms with Crippen molar-refractivity contribution in [2.24, 2.45) is 0 Å². The van der Waals surface area contributed by atoms with E-state index in [1.807, 2.05) is 30.3 Å². The summed E-state index contributed by atoms with van der Waals surface area (Å²) in [5.74, 6) is -0.135. The van der Waals surface area contributed by atoms with Crippen LogP contribution in [-0.4, -0.2) is 34.8 Å². The third-order valence-corrected chi connectivity index (χ3v) is 3.24. The minimum absolute atomic E-state index is 0.192. The van der Waals surface area contributed by atoms with Gasteiger partial charge in [0.05, 0.1) is 18.6 Å².